The summed E-state index contributed by atoms with van der Waals surface area (Å²) in [6.07, 6.45) is 1.70. The van der Waals surface area contributed by atoms with Crippen LogP contribution >= 0.6 is 23.2 Å². The maximum Gasteiger partial charge on any atom is 0.250 e. The molecule has 144 valence electrons. The van der Waals surface area contributed by atoms with Crippen molar-refractivity contribution in [3.8, 4) is 0 Å². The van der Waals surface area contributed by atoms with Gasteiger partial charge in [-0.25, -0.2) is 0 Å². The Labute approximate surface area is 178 Å². The highest BCUT2D eigenvalue weighted by Gasteiger charge is 2.12. The second kappa shape index (κ2) is 8.11. The first-order valence-electron chi connectivity index (χ1n) is 8.98. The van der Waals surface area contributed by atoms with Crippen LogP contribution in [0.3, 0.4) is 0 Å². The Hall–Kier alpha value is -3.08. The molecule has 6 heteroatoms. The molecule has 0 bridgehead atoms. The third kappa shape index (κ3) is 4.04. The molecule has 2 N–H and O–H groups in total. The van der Waals surface area contributed by atoms with Gasteiger partial charge in [-0.2, -0.15) is 0 Å². The van der Waals surface area contributed by atoms with Crippen LogP contribution in [0.25, 0.3) is 10.9 Å². The second-order valence-corrected chi connectivity index (χ2v) is 7.45. The molecule has 0 fully saturated rings. The number of para-hydroxylation sites is 1. The van der Waals surface area contributed by atoms with Crippen molar-refractivity contribution in [3.05, 3.63) is 99.7 Å². The number of hydrogen-bond donors (Lipinski definition) is 1. The van der Waals surface area contributed by atoms with Crippen LogP contribution in [0.15, 0.2) is 77.8 Å². The Balaban J connectivity index is 1.83. The van der Waals surface area contributed by atoms with Crippen molar-refractivity contribution >= 4 is 51.9 Å². The van der Waals surface area contributed by atoms with Crippen LogP contribution in [-0.4, -0.2) is 16.7 Å². The quantitative estimate of drug-likeness (QED) is 0.403. The van der Waals surface area contributed by atoms with Gasteiger partial charge in [0.1, 0.15) is 0 Å². The molecule has 0 aliphatic carbocycles. The van der Waals surface area contributed by atoms with Gasteiger partial charge >= 0.3 is 0 Å². The normalized spacial score (nSPS) is 11.4. The van der Waals surface area contributed by atoms with E-state index in [1.807, 2.05) is 42.5 Å². The molecule has 29 heavy (non-hydrogen) atoms. The number of nitrogens with zero attached hydrogens (tertiary/aromatic N) is 2. The van der Waals surface area contributed by atoms with E-state index in [-0.39, 0.29) is 5.56 Å². The number of aliphatic imine (C=N–C) groups is 1. The first-order valence-corrected chi connectivity index (χ1v) is 9.73. The van der Waals surface area contributed by atoms with Crippen LogP contribution in [0.1, 0.15) is 21.6 Å². The zero-order chi connectivity index (χ0) is 20.4. The van der Waals surface area contributed by atoms with E-state index in [1.165, 1.54) is 0 Å². The molecule has 1 amide bonds. The predicted molar refractivity (Wildman–Crippen MR) is 120 cm³/mol. The molecule has 0 spiro atoms. The van der Waals surface area contributed by atoms with Crippen LogP contribution in [0.2, 0.25) is 10.0 Å². The summed E-state index contributed by atoms with van der Waals surface area (Å²) in [6, 6.07) is 22.9. The summed E-state index contributed by atoms with van der Waals surface area (Å²) in [5.74, 6) is -0.573. The number of carbonyl (C=O) groups excluding carboxylic acids is 1. The van der Waals surface area contributed by atoms with Crippen LogP contribution in [-0.2, 0) is 6.54 Å². The number of hydrogen-bond acceptors (Lipinski definition) is 2. The van der Waals surface area contributed by atoms with Crippen LogP contribution in [0.4, 0.5) is 5.69 Å². The molecule has 0 unspecified atom stereocenters. The molecule has 0 radical (unpaired) electrons. The molecule has 0 aliphatic rings. The molecular weight excluding hydrogens is 405 g/mol. The van der Waals surface area contributed by atoms with E-state index in [0.717, 1.165) is 22.2 Å². The largest absolute Gasteiger partial charge is 0.366 e. The minimum Gasteiger partial charge on any atom is -0.366 e. The van der Waals surface area contributed by atoms with Crippen molar-refractivity contribution in [3.63, 3.8) is 0 Å². The molecule has 1 heterocycles. The van der Waals surface area contributed by atoms with E-state index >= 15 is 0 Å². The van der Waals surface area contributed by atoms with Crippen molar-refractivity contribution in [2.75, 3.05) is 0 Å². The van der Waals surface area contributed by atoms with Gasteiger partial charge in [0.2, 0.25) is 0 Å². The van der Waals surface area contributed by atoms with Gasteiger partial charge in [-0.1, -0.05) is 65.7 Å². The maximum atomic E-state index is 11.7. The Bertz CT molecular complexity index is 1230. The fraction of sp³-hybridized carbons (Fsp3) is 0.0435. The van der Waals surface area contributed by atoms with Crippen molar-refractivity contribution < 1.29 is 4.79 Å². The number of aromatic nitrogens is 1. The summed E-state index contributed by atoms with van der Waals surface area (Å²) in [4.78, 5) is 16.2. The Morgan fingerprint density at radius 3 is 2.55 bits per heavy atom. The highest BCUT2D eigenvalue weighted by Crippen LogP contribution is 2.29. The van der Waals surface area contributed by atoms with Crippen LogP contribution in [0, 0.1) is 0 Å². The van der Waals surface area contributed by atoms with E-state index in [2.05, 4.69) is 21.7 Å². The summed E-state index contributed by atoms with van der Waals surface area (Å²) >= 11 is 12.5. The standard InChI is InChI=1S/C23H17Cl2N3O/c24-17-10-9-16-11-18(13-27-22-19(23(26)29)7-4-8-20(22)25)28(21(16)12-17)14-15-5-2-1-3-6-15/h1-13H,14H2,(H2,26,29)/b27-13+. The molecular formula is C23H17Cl2N3O. The lowest BCUT2D eigenvalue weighted by Crippen LogP contribution is -2.11. The number of primary amides is 1. The molecule has 4 aromatic rings. The summed E-state index contributed by atoms with van der Waals surface area (Å²) in [5.41, 5.74) is 9.12. The lowest BCUT2D eigenvalue weighted by atomic mass is 10.1. The van der Waals surface area contributed by atoms with E-state index in [9.17, 15) is 4.79 Å². The summed E-state index contributed by atoms with van der Waals surface area (Å²) in [6.45, 7) is 0.650. The summed E-state index contributed by atoms with van der Waals surface area (Å²) in [7, 11) is 0. The minimum absolute atomic E-state index is 0.280. The average molecular weight is 422 g/mol. The predicted octanol–water partition coefficient (Wildman–Crippen LogP) is 5.85. The van der Waals surface area contributed by atoms with Gasteiger partial charge in [0.25, 0.3) is 5.91 Å². The highest BCUT2D eigenvalue weighted by molar-refractivity contribution is 6.34. The number of nitrogens with two attached hydrogens (primary N) is 1. The fourth-order valence-electron chi connectivity index (χ4n) is 3.27. The van der Waals surface area contributed by atoms with Crippen molar-refractivity contribution in [2.24, 2.45) is 10.7 Å². The van der Waals surface area contributed by atoms with Gasteiger partial charge in [-0.3, -0.25) is 9.79 Å². The van der Waals surface area contributed by atoms with Crippen molar-refractivity contribution in [1.82, 2.24) is 4.57 Å². The van der Waals surface area contributed by atoms with Gasteiger partial charge in [-0.05, 0) is 35.9 Å². The second-order valence-electron chi connectivity index (χ2n) is 6.60. The van der Waals surface area contributed by atoms with Crippen LogP contribution < -0.4 is 5.73 Å². The average Bonchev–Trinajstić information content (AvgIpc) is 3.04. The lowest BCUT2D eigenvalue weighted by molar-refractivity contribution is 0.100. The number of rotatable bonds is 5. The topological polar surface area (TPSA) is 60.4 Å². The Morgan fingerprint density at radius 1 is 1.00 bits per heavy atom. The van der Waals surface area contributed by atoms with E-state index in [1.54, 1.807) is 24.4 Å². The lowest BCUT2D eigenvalue weighted by Gasteiger charge is -2.09. The van der Waals surface area contributed by atoms with E-state index in [4.69, 9.17) is 28.9 Å². The van der Waals surface area contributed by atoms with Crippen molar-refractivity contribution in [1.29, 1.82) is 0 Å². The number of fused-ring (bicyclic) bond motifs is 1. The molecule has 0 aliphatic heterocycles. The number of carbonyl (C=O) groups is 1. The van der Waals surface area contributed by atoms with Gasteiger partial charge in [0.15, 0.2) is 0 Å². The molecule has 1 aromatic heterocycles. The monoisotopic (exact) mass is 421 g/mol. The molecule has 4 nitrogen and oxygen atoms in total. The van der Waals surface area contributed by atoms with Crippen LogP contribution in [0.5, 0.6) is 0 Å². The first kappa shape index (κ1) is 19.2. The van der Waals surface area contributed by atoms with Gasteiger partial charge in [0, 0.05) is 17.0 Å². The maximum absolute atomic E-state index is 11.7. The zero-order valence-corrected chi connectivity index (χ0v) is 16.9. The summed E-state index contributed by atoms with van der Waals surface area (Å²) in [5, 5.41) is 2.07. The Morgan fingerprint density at radius 2 is 1.79 bits per heavy atom. The van der Waals surface area contributed by atoms with E-state index in [0.29, 0.717) is 22.3 Å². The highest BCUT2D eigenvalue weighted by atomic mass is 35.5. The molecule has 0 saturated heterocycles. The zero-order valence-electron chi connectivity index (χ0n) is 15.3. The van der Waals surface area contributed by atoms with Gasteiger partial charge < -0.3 is 10.3 Å². The third-order valence-electron chi connectivity index (χ3n) is 4.66. The SMILES string of the molecule is NC(=O)c1cccc(Cl)c1/N=C/c1cc2ccc(Cl)cc2n1Cc1ccccc1. The molecule has 0 atom stereocenters. The Kier molecular flexibility index (Phi) is 5.38. The fourth-order valence-corrected chi connectivity index (χ4v) is 3.66. The number of benzene rings is 3. The molecule has 4 rings (SSSR count). The van der Waals surface area contributed by atoms with E-state index < -0.39 is 5.91 Å². The minimum atomic E-state index is -0.573. The smallest absolute Gasteiger partial charge is 0.250 e. The summed E-state index contributed by atoms with van der Waals surface area (Å²) < 4.78 is 2.13. The van der Waals surface area contributed by atoms with Crippen molar-refractivity contribution in [2.45, 2.75) is 6.54 Å². The molecule has 3 aromatic carbocycles. The number of halogens is 2. The van der Waals surface area contributed by atoms with Gasteiger partial charge in [-0.15, -0.1) is 0 Å². The number of amides is 1. The molecule has 0 saturated carbocycles. The third-order valence-corrected chi connectivity index (χ3v) is 5.20. The first-order chi connectivity index (χ1) is 14.0. The van der Waals surface area contributed by atoms with Gasteiger partial charge in [0.05, 0.1) is 33.7 Å².